The minimum absolute atomic E-state index is 0.106. The molecule has 1 aliphatic heterocycles. The zero-order valence-corrected chi connectivity index (χ0v) is 16.5. The summed E-state index contributed by atoms with van der Waals surface area (Å²) in [5, 5.41) is 10.7. The molecule has 0 aliphatic carbocycles. The number of nitrogens with one attached hydrogen (secondary N) is 1. The average molecular weight is 407 g/mol. The number of anilines is 2. The fraction of sp³-hybridized carbons (Fsp3) is 0.286. The van der Waals surface area contributed by atoms with E-state index < -0.39 is 18.5 Å². The lowest BCUT2D eigenvalue weighted by atomic mass is 10.2. The van der Waals surface area contributed by atoms with Crippen LogP contribution in [0.1, 0.15) is 30.1 Å². The van der Waals surface area contributed by atoms with Gasteiger partial charge in [-0.2, -0.15) is 0 Å². The Kier molecular flexibility index (Phi) is 5.42. The summed E-state index contributed by atoms with van der Waals surface area (Å²) in [6.07, 6.45) is 1.42. The Bertz CT molecular complexity index is 1110. The first-order valence-corrected chi connectivity index (χ1v) is 9.76. The normalized spacial score (nSPS) is 13.6. The van der Waals surface area contributed by atoms with Crippen molar-refractivity contribution in [3.8, 4) is 0 Å². The lowest BCUT2D eigenvalue weighted by Crippen LogP contribution is -2.23. The predicted octanol–water partition coefficient (Wildman–Crippen LogP) is 2.37. The van der Waals surface area contributed by atoms with E-state index in [9.17, 15) is 14.4 Å². The summed E-state index contributed by atoms with van der Waals surface area (Å²) in [6, 6.07) is 12.0. The van der Waals surface area contributed by atoms with E-state index in [4.69, 9.17) is 4.74 Å². The summed E-state index contributed by atoms with van der Waals surface area (Å²) >= 11 is 0. The van der Waals surface area contributed by atoms with Crippen molar-refractivity contribution >= 4 is 40.2 Å². The first-order chi connectivity index (χ1) is 14.5. The van der Waals surface area contributed by atoms with Crippen LogP contribution in [0.15, 0.2) is 42.5 Å². The number of esters is 1. The second-order valence-electron chi connectivity index (χ2n) is 6.93. The van der Waals surface area contributed by atoms with E-state index in [0.717, 1.165) is 17.6 Å². The van der Waals surface area contributed by atoms with E-state index in [0.29, 0.717) is 36.3 Å². The van der Waals surface area contributed by atoms with Crippen molar-refractivity contribution in [3.05, 3.63) is 48.0 Å². The maximum absolute atomic E-state index is 12.2. The highest BCUT2D eigenvalue weighted by molar-refractivity contribution is 5.98. The van der Waals surface area contributed by atoms with Crippen LogP contribution in [0.25, 0.3) is 11.0 Å². The Balaban J connectivity index is 1.32. The number of carbonyl (C=O) groups is 3. The maximum atomic E-state index is 12.2. The van der Waals surface area contributed by atoms with Gasteiger partial charge in [0.2, 0.25) is 5.91 Å². The van der Waals surface area contributed by atoms with Crippen molar-refractivity contribution in [1.82, 2.24) is 15.0 Å². The van der Waals surface area contributed by atoms with Crippen LogP contribution in [0, 0.1) is 0 Å². The summed E-state index contributed by atoms with van der Waals surface area (Å²) in [5.74, 6) is -0.957. The second-order valence-corrected chi connectivity index (χ2v) is 6.93. The summed E-state index contributed by atoms with van der Waals surface area (Å²) in [4.78, 5) is 37.9. The molecule has 2 amide bonds. The van der Waals surface area contributed by atoms with Gasteiger partial charge in [-0.15, -0.1) is 5.10 Å². The largest absolute Gasteiger partial charge is 0.452 e. The Morgan fingerprint density at radius 3 is 2.67 bits per heavy atom. The lowest BCUT2D eigenvalue weighted by molar-refractivity contribution is -0.119. The van der Waals surface area contributed by atoms with E-state index in [-0.39, 0.29) is 5.91 Å². The molecule has 2 aromatic carbocycles. The fourth-order valence-electron chi connectivity index (χ4n) is 3.39. The van der Waals surface area contributed by atoms with Crippen LogP contribution in [0.2, 0.25) is 0 Å². The highest BCUT2D eigenvalue weighted by Crippen LogP contribution is 2.23. The van der Waals surface area contributed by atoms with Gasteiger partial charge in [0.25, 0.3) is 5.91 Å². The van der Waals surface area contributed by atoms with Crippen molar-refractivity contribution in [1.29, 1.82) is 0 Å². The van der Waals surface area contributed by atoms with Crippen LogP contribution in [0.4, 0.5) is 11.4 Å². The van der Waals surface area contributed by atoms with Crippen molar-refractivity contribution in [2.24, 2.45) is 0 Å². The predicted molar refractivity (Wildman–Crippen MR) is 110 cm³/mol. The fourth-order valence-corrected chi connectivity index (χ4v) is 3.39. The molecule has 1 saturated heterocycles. The third-order valence-corrected chi connectivity index (χ3v) is 4.92. The zero-order valence-electron chi connectivity index (χ0n) is 16.5. The first kappa shape index (κ1) is 19.6. The average Bonchev–Trinajstić information content (AvgIpc) is 3.37. The van der Waals surface area contributed by atoms with Crippen LogP contribution < -0.4 is 10.2 Å². The van der Waals surface area contributed by atoms with Crippen LogP contribution in [0.3, 0.4) is 0 Å². The number of hydrogen-bond donors (Lipinski definition) is 1. The Hall–Kier alpha value is -3.75. The van der Waals surface area contributed by atoms with E-state index in [1.807, 2.05) is 6.92 Å². The number of benzene rings is 2. The number of carbonyl (C=O) groups excluding carboxylic acids is 3. The minimum atomic E-state index is -0.610. The smallest absolute Gasteiger partial charge is 0.338 e. The van der Waals surface area contributed by atoms with Gasteiger partial charge in [-0.1, -0.05) is 5.21 Å². The second kappa shape index (κ2) is 8.32. The molecule has 0 spiro atoms. The lowest BCUT2D eigenvalue weighted by Gasteiger charge is -2.16. The molecule has 3 aromatic rings. The molecular formula is C21H21N5O4. The molecule has 0 radical (unpaired) electrons. The van der Waals surface area contributed by atoms with E-state index in [1.165, 1.54) is 0 Å². The molecule has 154 valence electrons. The number of amides is 2. The van der Waals surface area contributed by atoms with Crippen LogP contribution in [-0.4, -0.2) is 45.9 Å². The van der Waals surface area contributed by atoms with E-state index in [1.54, 1.807) is 52.0 Å². The number of fused-ring (bicyclic) bond motifs is 1. The third kappa shape index (κ3) is 4.00. The summed E-state index contributed by atoms with van der Waals surface area (Å²) < 4.78 is 6.83. The number of rotatable bonds is 6. The number of aryl methyl sites for hydroxylation is 1. The Labute approximate surface area is 172 Å². The molecule has 1 aromatic heterocycles. The van der Waals surface area contributed by atoms with E-state index in [2.05, 4.69) is 15.6 Å². The van der Waals surface area contributed by atoms with Gasteiger partial charge in [0.05, 0.1) is 11.1 Å². The molecule has 0 unspecified atom stereocenters. The van der Waals surface area contributed by atoms with Gasteiger partial charge >= 0.3 is 5.97 Å². The molecule has 2 heterocycles. The molecule has 1 fully saturated rings. The van der Waals surface area contributed by atoms with E-state index >= 15 is 0 Å². The Morgan fingerprint density at radius 2 is 1.97 bits per heavy atom. The van der Waals surface area contributed by atoms with Gasteiger partial charge in [0.1, 0.15) is 5.52 Å². The molecule has 0 saturated carbocycles. The maximum Gasteiger partial charge on any atom is 0.338 e. The standard InChI is InChI=1S/C21H21N5O4/c1-2-26-18-10-5-14(12-17(18)23-24-26)21(29)30-13-19(27)22-15-6-8-16(9-7-15)25-11-3-4-20(25)28/h5-10,12H,2-4,11,13H2,1H3,(H,22,27). The van der Waals surface area contributed by atoms with Crippen molar-refractivity contribution in [2.75, 3.05) is 23.4 Å². The Morgan fingerprint density at radius 1 is 1.17 bits per heavy atom. The first-order valence-electron chi connectivity index (χ1n) is 9.76. The van der Waals surface area contributed by atoms with Gasteiger partial charge < -0.3 is 15.0 Å². The molecule has 0 bridgehead atoms. The van der Waals surface area contributed by atoms with Gasteiger partial charge in [0, 0.05) is 30.9 Å². The quantitative estimate of drug-likeness (QED) is 0.629. The monoisotopic (exact) mass is 407 g/mol. The molecular weight excluding hydrogens is 386 g/mol. The van der Waals surface area contributed by atoms with Crippen LogP contribution >= 0.6 is 0 Å². The number of ether oxygens (including phenoxy) is 1. The van der Waals surface area contributed by atoms with Crippen LogP contribution in [-0.2, 0) is 20.9 Å². The molecule has 1 aliphatic rings. The van der Waals surface area contributed by atoms with Gasteiger partial charge in [-0.25, -0.2) is 9.48 Å². The van der Waals surface area contributed by atoms with Crippen LogP contribution in [0.5, 0.6) is 0 Å². The molecule has 9 nitrogen and oxygen atoms in total. The number of nitrogens with zero attached hydrogens (tertiary/aromatic N) is 4. The van der Waals surface area contributed by atoms with Gasteiger partial charge in [0.15, 0.2) is 6.61 Å². The zero-order chi connectivity index (χ0) is 21.1. The molecule has 9 heteroatoms. The van der Waals surface area contributed by atoms with Crippen molar-refractivity contribution < 1.29 is 19.1 Å². The topological polar surface area (TPSA) is 106 Å². The molecule has 1 N–H and O–H groups in total. The highest BCUT2D eigenvalue weighted by Gasteiger charge is 2.21. The number of hydrogen-bond acceptors (Lipinski definition) is 6. The third-order valence-electron chi connectivity index (χ3n) is 4.92. The minimum Gasteiger partial charge on any atom is -0.452 e. The summed E-state index contributed by atoms with van der Waals surface area (Å²) in [6.45, 7) is 2.93. The summed E-state index contributed by atoms with van der Waals surface area (Å²) in [5.41, 5.74) is 3.08. The highest BCUT2D eigenvalue weighted by atomic mass is 16.5. The SMILES string of the molecule is CCn1nnc2cc(C(=O)OCC(=O)Nc3ccc(N4CCCC4=O)cc3)ccc21. The van der Waals surface area contributed by atoms with Gasteiger partial charge in [-0.3, -0.25) is 9.59 Å². The van der Waals surface area contributed by atoms with Crippen molar-refractivity contribution in [3.63, 3.8) is 0 Å². The number of aromatic nitrogens is 3. The summed E-state index contributed by atoms with van der Waals surface area (Å²) in [7, 11) is 0. The van der Waals surface area contributed by atoms with Gasteiger partial charge in [-0.05, 0) is 55.8 Å². The molecule has 0 atom stereocenters. The molecule has 30 heavy (non-hydrogen) atoms. The molecule has 4 rings (SSSR count). The van der Waals surface area contributed by atoms with Crippen molar-refractivity contribution in [2.45, 2.75) is 26.3 Å².